The van der Waals surface area contributed by atoms with Crippen molar-refractivity contribution in [2.24, 2.45) is 0 Å². The average molecular weight is 236 g/mol. The Morgan fingerprint density at radius 3 is 0.875 bits per heavy atom. The third kappa shape index (κ3) is 23.5. The number of hydrogen-bond donors (Lipinski definition) is 2. The number of ether oxygens (including phenoxy) is 3. The summed E-state index contributed by atoms with van der Waals surface area (Å²) >= 11 is 0. The molecule has 3 heterocycles. The molecule has 5 heteroatoms. The van der Waals surface area contributed by atoms with Crippen LogP contribution in [0.3, 0.4) is 0 Å². The summed E-state index contributed by atoms with van der Waals surface area (Å²) in [6.07, 6.45) is 1.75. The fourth-order valence-electron chi connectivity index (χ4n) is 0.289. The molecule has 0 radical (unpaired) electrons. The predicted molar refractivity (Wildman–Crippen MR) is 60.4 cm³/mol. The molecule has 3 rings (SSSR count). The molecule has 2 N–H and O–H groups in total. The maximum Gasteiger partial charge on any atom is 0.0781 e. The van der Waals surface area contributed by atoms with Gasteiger partial charge in [-0.15, -0.1) is 0 Å². The van der Waals surface area contributed by atoms with Crippen molar-refractivity contribution in [1.29, 1.82) is 0 Å². The highest BCUT2D eigenvalue weighted by Crippen LogP contribution is 2.04. The van der Waals surface area contributed by atoms with E-state index in [1.54, 1.807) is 0 Å². The van der Waals surface area contributed by atoms with Crippen LogP contribution in [0.5, 0.6) is 0 Å². The monoisotopic (exact) mass is 236 g/mol. The highest BCUT2D eigenvalue weighted by atomic mass is 16.6. The van der Waals surface area contributed by atoms with Gasteiger partial charge in [0, 0.05) is 0 Å². The van der Waals surface area contributed by atoms with E-state index in [1.807, 2.05) is 0 Å². The van der Waals surface area contributed by atoms with E-state index in [2.05, 4.69) is 20.8 Å². The van der Waals surface area contributed by atoms with E-state index in [4.69, 9.17) is 24.4 Å². The molecular formula is C11H24O5. The first-order chi connectivity index (χ1) is 7.60. The number of hydrogen-bond acceptors (Lipinski definition) is 5. The van der Waals surface area contributed by atoms with Crippen LogP contribution in [0, 0.1) is 0 Å². The van der Waals surface area contributed by atoms with Gasteiger partial charge in [-0.3, -0.25) is 0 Å². The largest absolute Gasteiger partial charge is 0.394 e. The molecule has 3 atom stereocenters. The molecule has 16 heavy (non-hydrogen) atoms. The zero-order chi connectivity index (χ0) is 12.4. The molecule has 3 aliphatic rings. The van der Waals surface area contributed by atoms with Crippen LogP contribution >= 0.6 is 0 Å². The average Bonchev–Trinajstić information content (AvgIpc) is 3.03. The second-order valence-electron chi connectivity index (χ2n) is 3.88. The van der Waals surface area contributed by atoms with Crippen molar-refractivity contribution < 1.29 is 24.4 Å². The van der Waals surface area contributed by atoms with Gasteiger partial charge in [0.15, 0.2) is 0 Å². The standard InChI is InChI=1S/3C3H6O.C2H6O2/c3*1-3-2-4-3;3-1-2-4/h3*3H,2H2,1H3;3-4H,1-2H2. The van der Waals surface area contributed by atoms with Gasteiger partial charge < -0.3 is 24.4 Å². The lowest BCUT2D eigenvalue weighted by atomic mass is 10.6. The van der Waals surface area contributed by atoms with Crippen LogP contribution in [0.25, 0.3) is 0 Å². The molecule has 3 saturated heterocycles. The first-order valence-electron chi connectivity index (χ1n) is 5.66. The summed E-state index contributed by atoms with van der Waals surface area (Å²) in [5.74, 6) is 0. The SMILES string of the molecule is CC1CO1.CC1CO1.CC1CO1.OCCO. The highest BCUT2D eigenvalue weighted by Gasteiger charge is 2.13. The number of aliphatic hydroxyl groups is 2. The molecule has 0 saturated carbocycles. The molecule has 0 amide bonds. The van der Waals surface area contributed by atoms with E-state index in [0.717, 1.165) is 19.8 Å². The Bertz CT molecular complexity index is 116. The zero-order valence-electron chi connectivity index (χ0n) is 10.4. The minimum absolute atomic E-state index is 0.125. The van der Waals surface area contributed by atoms with Gasteiger partial charge in [-0.1, -0.05) is 0 Å². The third-order valence-corrected chi connectivity index (χ3v) is 1.60. The van der Waals surface area contributed by atoms with Gasteiger partial charge in [-0.2, -0.15) is 0 Å². The maximum absolute atomic E-state index is 7.62. The fourth-order valence-corrected chi connectivity index (χ4v) is 0.289. The Morgan fingerprint density at radius 2 is 0.875 bits per heavy atom. The van der Waals surface area contributed by atoms with Crippen LogP contribution < -0.4 is 0 Å². The molecule has 3 fully saturated rings. The van der Waals surface area contributed by atoms with Crippen LogP contribution in [0.4, 0.5) is 0 Å². The number of aliphatic hydroxyl groups excluding tert-OH is 2. The summed E-state index contributed by atoms with van der Waals surface area (Å²) < 4.78 is 14.1. The van der Waals surface area contributed by atoms with Gasteiger partial charge in [-0.05, 0) is 20.8 Å². The summed E-state index contributed by atoms with van der Waals surface area (Å²) in [6.45, 7) is 8.87. The van der Waals surface area contributed by atoms with Gasteiger partial charge in [0.25, 0.3) is 0 Å². The minimum Gasteiger partial charge on any atom is -0.394 e. The zero-order valence-corrected chi connectivity index (χ0v) is 10.4. The second-order valence-corrected chi connectivity index (χ2v) is 3.88. The number of rotatable bonds is 1. The molecule has 98 valence electrons. The number of epoxide rings is 3. The summed E-state index contributed by atoms with van der Waals surface area (Å²) in [5, 5.41) is 15.2. The van der Waals surface area contributed by atoms with E-state index in [-0.39, 0.29) is 13.2 Å². The first kappa shape index (κ1) is 15.8. The Morgan fingerprint density at radius 1 is 0.750 bits per heavy atom. The topological polar surface area (TPSA) is 78.0 Å². The van der Waals surface area contributed by atoms with Crippen molar-refractivity contribution in [2.45, 2.75) is 39.1 Å². The van der Waals surface area contributed by atoms with Crippen LogP contribution in [0.2, 0.25) is 0 Å². The molecule has 3 unspecified atom stereocenters. The Balaban J connectivity index is 0.000000187. The Hall–Kier alpha value is -0.200. The molecular weight excluding hydrogens is 212 g/mol. The molecule has 0 aliphatic carbocycles. The van der Waals surface area contributed by atoms with Crippen molar-refractivity contribution in [3.05, 3.63) is 0 Å². The molecule has 0 bridgehead atoms. The highest BCUT2D eigenvalue weighted by molar-refractivity contribution is 4.58. The first-order valence-corrected chi connectivity index (χ1v) is 5.66. The van der Waals surface area contributed by atoms with E-state index >= 15 is 0 Å². The normalized spacial score (nSPS) is 31.7. The smallest absolute Gasteiger partial charge is 0.0781 e. The van der Waals surface area contributed by atoms with Crippen LogP contribution in [-0.2, 0) is 14.2 Å². The van der Waals surface area contributed by atoms with Crippen molar-refractivity contribution in [3.8, 4) is 0 Å². The van der Waals surface area contributed by atoms with E-state index in [9.17, 15) is 0 Å². The van der Waals surface area contributed by atoms with Crippen LogP contribution in [0.15, 0.2) is 0 Å². The lowest BCUT2D eigenvalue weighted by Crippen LogP contribution is -1.85. The van der Waals surface area contributed by atoms with Crippen molar-refractivity contribution in [2.75, 3.05) is 33.0 Å². The van der Waals surface area contributed by atoms with Crippen molar-refractivity contribution in [1.82, 2.24) is 0 Å². The summed E-state index contributed by atoms with van der Waals surface area (Å²) in [7, 11) is 0. The summed E-state index contributed by atoms with van der Waals surface area (Å²) in [5.41, 5.74) is 0. The van der Waals surface area contributed by atoms with E-state index in [0.29, 0.717) is 18.3 Å². The second kappa shape index (κ2) is 9.99. The molecule has 0 aromatic heterocycles. The predicted octanol–water partition coefficient (Wildman–Crippen LogP) is 0.186. The van der Waals surface area contributed by atoms with Crippen molar-refractivity contribution in [3.63, 3.8) is 0 Å². The van der Waals surface area contributed by atoms with Crippen LogP contribution in [-0.4, -0.2) is 61.6 Å². The Kier molecular flexibility index (Phi) is 9.86. The van der Waals surface area contributed by atoms with Gasteiger partial charge in [0.05, 0.1) is 51.3 Å². The van der Waals surface area contributed by atoms with E-state index < -0.39 is 0 Å². The van der Waals surface area contributed by atoms with Gasteiger partial charge >= 0.3 is 0 Å². The molecule has 0 aromatic rings. The minimum atomic E-state index is -0.125. The molecule has 5 nitrogen and oxygen atoms in total. The van der Waals surface area contributed by atoms with Gasteiger partial charge in [0.1, 0.15) is 0 Å². The van der Waals surface area contributed by atoms with Crippen LogP contribution in [0.1, 0.15) is 20.8 Å². The lowest BCUT2D eigenvalue weighted by molar-refractivity contribution is 0.186. The molecule has 0 aromatic carbocycles. The maximum atomic E-state index is 7.62. The summed E-state index contributed by atoms with van der Waals surface area (Å²) in [4.78, 5) is 0. The molecule has 3 aliphatic heterocycles. The molecule has 0 spiro atoms. The van der Waals surface area contributed by atoms with E-state index in [1.165, 1.54) is 0 Å². The van der Waals surface area contributed by atoms with Gasteiger partial charge in [-0.25, -0.2) is 0 Å². The third-order valence-electron chi connectivity index (χ3n) is 1.60. The van der Waals surface area contributed by atoms with Crippen molar-refractivity contribution >= 4 is 0 Å². The Labute approximate surface area is 97.3 Å². The lowest BCUT2D eigenvalue weighted by Gasteiger charge is -1.70. The van der Waals surface area contributed by atoms with Gasteiger partial charge in [0.2, 0.25) is 0 Å². The quantitative estimate of drug-likeness (QED) is 0.635. The summed E-state index contributed by atoms with van der Waals surface area (Å²) in [6, 6.07) is 0. The fraction of sp³-hybridized carbons (Fsp3) is 1.00.